The molecule has 0 atom stereocenters. The van der Waals surface area contributed by atoms with E-state index in [1.54, 1.807) is 0 Å². The highest BCUT2D eigenvalue weighted by atomic mass is 32.1. The minimum Gasteiger partial charge on any atom is -0.289 e. The fourth-order valence-corrected chi connectivity index (χ4v) is 1.83. The molecule has 1 N–H and O–H groups in total. The molecule has 0 fully saturated rings. The van der Waals surface area contributed by atoms with Crippen LogP contribution in [0, 0.1) is 16.4 Å². The molecule has 2 heterocycles. The molecule has 0 spiro atoms. The maximum absolute atomic E-state index is 13.5. The van der Waals surface area contributed by atoms with Crippen LogP contribution in [0.5, 0.6) is 0 Å². The molecule has 2 aromatic heterocycles. The van der Waals surface area contributed by atoms with E-state index in [2.05, 4.69) is 9.97 Å². The minimum atomic E-state index is -1.46. The van der Waals surface area contributed by atoms with Gasteiger partial charge in [0, 0.05) is 11.8 Å². The number of fused-ring (bicyclic) bond motifs is 1. The average molecular weight is 257 g/mol. The molecule has 0 aliphatic carbocycles. The van der Waals surface area contributed by atoms with Crippen LogP contribution in [0.25, 0.3) is 5.78 Å². The summed E-state index contributed by atoms with van der Waals surface area (Å²) in [6, 6.07) is 0. The number of aromatic amines is 1. The van der Waals surface area contributed by atoms with Crippen molar-refractivity contribution >= 4 is 18.0 Å². The second-order valence-electron chi connectivity index (χ2n) is 3.91. The van der Waals surface area contributed by atoms with E-state index in [4.69, 9.17) is 12.2 Å². The second-order valence-corrected chi connectivity index (χ2v) is 4.30. The van der Waals surface area contributed by atoms with Crippen LogP contribution >= 0.6 is 12.2 Å². The van der Waals surface area contributed by atoms with E-state index in [0.29, 0.717) is 5.56 Å². The molecule has 0 unspecified atom stereocenters. The van der Waals surface area contributed by atoms with Gasteiger partial charge in [0.25, 0.3) is 5.56 Å². The molecule has 0 aliphatic rings. The van der Waals surface area contributed by atoms with Gasteiger partial charge in [-0.15, -0.1) is 0 Å². The van der Waals surface area contributed by atoms with Crippen molar-refractivity contribution in [1.82, 2.24) is 14.4 Å². The predicted molar refractivity (Wildman–Crippen MR) is 60.7 cm³/mol. The number of nitrogens with zero attached hydrogens (tertiary/aromatic N) is 2. The van der Waals surface area contributed by atoms with E-state index in [1.165, 1.54) is 6.20 Å². The third-order valence-electron chi connectivity index (χ3n) is 2.39. The lowest BCUT2D eigenvalue weighted by Gasteiger charge is -2.08. The summed E-state index contributed by atoms with van der Waals surface area (Å²) in [4.78, 5) is 17.0. The second kappa shape index (κ2) is 3.99. The van der Waals surface area contributed by atoms with Crippen LogP contribution in [0.15, 0.2) is 11.0 Å². The summed E-state index contributed by atoms with van der Waals surface area (Å²) in [6.45, 7) is 3.72. The highest BCUT2D eigenvalue weighted by molar-refractivity contribution is 7.71. The first-order chi connectivity index (χ1) is 7.91. The van der Waals surface area contributed by atoms with Crippen molar-refractivity contribution in [3.8, 4) is 0 Å². The summed E-state index contributed by atoms with van der Waals surface area (Å²) in [5.41, 5.74) is -0.537. The minimum absolute atomic E-state index is 0.0290. The van der Waals surface area contributed by atoms with Crippen LogP contribution in [0.2, 0.25) is 0 Å². The molecule has 0 saturated carbocycles. The predicted octanol–water partition coefficient (Wildman–Crippen LogP) is 2.15. The number of aromatic nitrogens is 3. The summed E-state index contributed by atoms with van der Waals surface area (Å²) >= 11 is 5.01. The summed E-state index contributed by atoms with van der Waals surface area (Å²) in [7, 11) is 0. The zero-order chi connectivity index (χ0) is 12.7. The number of rotatable bonds is 1. The summed E-state index contributed by atoms with van der Waals surface area (Å²) in [6.07, 6.45) is 1.35. The third-order valence-corrected chi connectivity index (χ3v) is 2.72. The first-order valence-electron chi connectivity index (χ1n) is 4.92. The SMILES string of the molecule is CC(C)c1cn2c(F)c(F)c(=O)[nH]c2nc1=S. The average Bonchev–Trinajstić information content (AvgIpc) is 2.25. The standard InChI is InChI=1S/C10H9F2N3OS/c1-4(2)5-3-15-7(12)6(11)8(16)13-10(15)14-9(5)17/h3-4H,1-2H3,(H,13,14,16,17). The molecular formula is C10H9F2N3OS. The van der Waals surface area contributed by atoms with Crippen LogP contribution in [0.1, 0.15) is 25.3 Å². The smallest absolute Gasteiger partial charge is 0.289 e. The van der Waals surface area contributed by atoms with E-state index in [9.17, 15) is 13.6 Å². The van der Waals surface area contributed by atoms with E-state index in [-0.39, 0.29) is 16.3 Å². The van der Waals surface area contributed by atoms with Crippen LogP contribution in [0.3, 0.4) is 0 Å². The van der Waals surface area contributed by atoms with E-state index in [0.717, 1.165) is 4.40 Å². The quantitative estimate of drug-likeness (QED) is 0.629. The molecule has 0 saturated heterocycles. The lowest BCUT2D eigenvalue weighted by atomic mass is 10.1. The number of hydrogen-bond acceptors (Lipinski definition) is 3. The molecule has 2 aromatic rings. The fraction of sp³-hybridized carbons (Fsp3) is 0.300. The molecular weight excluding hydrogens is 248 g/mol. The number of hydrogen-bond donors (Lipinski definition) is 1. The Hall–Kier alpha value is -1.63. The van der Waals surface area contributed by atoms with Crippen molar-refractivity contribution in [1.29, 1.82) is 0 Å². The van der Waals surface area contributed by atoms with Gasteiger partial charge in [-0.2, -0.15) is 8.78 Å². The van der Waals surface area contributed by atoms with Crippen molar-refractivity contribution in [3.63, 3.8) is 0 Å². The van der Waals surface area contributed by atoms with Gasteiger partial charge in [0.1, 0.15) is 4.64 Å². The molecule has 17 heavy (non-hydrogen) atoms. The highest BCUT2D eigenvalue weighted by Crippen LogP contribution is 2.15. The zero-order valence-electron chi connectivity index (χ0n) is 9.12. The first-order valence-corrected chi connectivity index (χ1v) is 5.33. The Balaban J connectivity index is 2.95. The van der Waals surface area contributed by atoms with Gasteiger partial charge >= 0.3 is 0 Å². The first kappa shape index (κ1) is 11.8. The molecule has 2 rings (SSSR count). The molecule has 0 amide bonds. The normalized spacial score (nSPS) is 11.4. The van der Waals surface area contributed by atoms with Crippen LogP contribution in [-0.2, 0) is 0 Å². The van der Waals surface area contributed by atoms with Crippen LogP contribution < -0.4 is 5.56 Å². The molecule has 0 aromatic carbocycles. The van der Waals surface area contributed by atoms with Crippen molar-refractivity contribution in [3.05, 3.63) is 38.5 Å². The van der Waals surface area contributed by atoms with Gasteiger partial charge in [-0.05, 0) is 5.92 Å². The van der Waals surface area contributed by atoms with Crippen molar-refractivity contribution in [2.75, 3.05) is 0 Å². The molecule has 90 valence electrons. The van der Waals surface area contributed by atoms with Crippen molar-refractivity contribution < 1.29 is 8.78 Å². The largest absolute Gasteiger partial charge is 0.291 e. The summed E-state index contributed by atoms with van der Waals surface area (Å²) in [5.74, 6) is -2.81. The lowest BCUT2D eigenvalue weighted by molar-refractivity contribution is 0.454. The topological polar surface area (TPSA) is 50.2 Å². The Morgan fingerprint density at radius 3 is 2.71 bits per heavy atom. The summed E-state index contributed by atoms with van der Waals surface area (Å²) < 4.78 is 27.7. The van der Waals surface area contributed by atoms with Gasteiger partial charge in [-0.1, -0.05) is 26.1 Å². The zero-order valence-corrected chi connectivity index (χ0v) is 9.94. The van der Waals surface area contributed by atoms with Crippen LogP contribution in [-0.4, -0.2) is 14.4 Å². The van der Waals surface area contributed by atoms with E-state index in [1.807, 2.05) is 13.8 Å². The van der Waals surface area contributed by atoms with Crippen molar-refractivity contribution in [2.45, 2.75) is 19.8 Å². The Kier molecular flexibility index (Phi) is 2.78. The van der Waals surface area contributed by atoms with Gasteiger partial charge in [0.2, 0.25) is 17.5 Å². The van der Waals surface area contributed by atoms with Gasteiger partial charge < -0.3 is 0 Å². The fourth-order valence-electron chi connectivity index (χ4n) is 1.46. The molecule has 4 nitrogen and oxygen atoms in total. The van der Waals surface area contributed by atoms with Crippen LogP contribution in [0.4, 0.5) is 8.78 Å². The van der Waals surface area contributed by atoms with Gasteiger partial charge in [0.05, 0.1) is 0 Å². The van der Waals surface area contributed by atoms with E-state index < -0.39 is 17.3 Å². The Morgan fingerprint density at radius 1 is 1.47 bits per heavy atom. The number of halogens is 2. The van der Waals surface area contributed by atoms with Gasteiger partial charge in [-0.25, -0.2) is 4.98 Å². The number of H-pyrrole nitrogens is 1. The van der Waals surface area contributed by atoms with Gasteiger partial charge in [-0.3, -0.25) is 14.2 Å². The molecule has 0 radical (unpaired) electrons. The molecule has 0 aliphatic heterocycles. The van der Waals surface area contributed by atoms with Crippen molar-refractivity contribution in [2.24, 2.45) is 0 Å². The monoisotopic (exact) mass is 257 g/mol. The highest BCUT2D eigenvalue weighted by Gasteiger charge is 2.14. The Labute approximate surface area is 99.9 Å². The molecule has 7 heteroatoms. The maximum Gasteiger partial charge on any atom is 0.291 e. The van der Waals surface area contributed by atoms with Gasteiger partial charge in [0.15, 0.2) is 0 Å². The Morgan fingerprint density at radius 2 is 2.12 bits per heavy atom. The third kappa shape index (κ3) is 1.86. The number of nitrogens with one attached hydrogen (secondary N) is 1. The summed E-state index contributed by atoms with van der Waals surface area (Å²) in [5, 5.41) is 0. The lowest BCUT2D eigenvalue weighted by Crippen LogP contribution is -2.19. The Bertz CT molecular complexity index is 705. The van der Waals surface area contributed by atoms with E-state index >= 15 is 0 Å². The maximum atomic E-state index is 13.5. The molecule has 0 bridgehead atoms.